The van der Waals surface area contributed by atoms with Gasteiger partial charge in [0, 0.05) is 34.7 Å². The molecule has 3 heterocycles. The summed E-state index contributed by atoms with van der Waals surface area (Å²) < 4.78 is 1.67. The van der Waals surface area contributed by atoms with Gasteiger partial charge in [-0.25, -0.2) is 9.97 Å². The number of halogens is 1. The van der Waals surface area contributed by atoms with Crippen LogP contribution < -0.4 is 0 Å². The zero-order valence-electron chi connectivity index (χ0n) is 15.6. The van der Waals surface area contributed by atoms with E-state index >= 15 is 0 Å². The third-order valence-corrected chi connectivity index (χ3v) is 4.79. The van der Waals surface area contributed by atoms with E-state index in [1.165, 1.54) is 0 Å². The van der Waals surface area contributed by atoms with Crippen molar-refractivity contribution in [2.45, 2.75) is 0 Å². The number of benzene rings is 2. The molecule has 0 unspecified atom stereocenters. The molecule has 8 heteroatoms. The third kappa shape index (κ3) is 3.42. The Kier molecular flexibility index (Phi) is 4.71. The minimum Gasteiger partial charge on any atom is -0.264 e. The maximum Gasteiger partial charge on any atom is 0.190 e. The second kappa shape index (κ2) is 7.81. The van der Waals surface area contributed by atoms with Crippen LogP contribution in [0.3, 0.4) is 0 Å². The second-order valence-electron chi connectivity index (χ2n) is 6.45. The molecule has 0 N–H and O–H groups in total. The average Bonchev–Trinajstić information content (AvgIpc) is 3.30. The van der Waals surface area contributed by atoms with Gasteiger partial charge in [0.25, 0.3) is 0 Å². The van der Waals surface area contributed by atoms with E-state index in [1.54, 1.807) is 23.3 Å². The molecule has 2 aromatic carbocycles. The first-order valence-electron chi connectivity index (χ1n) is 9.17. The van der Waals surface area contributed by atoms with Crippen molar-refractivity contribution in [3.8, 4) is 39.7 Å². The molecule has 7 nitrogen and oxygen atoms in total. The van der Waals surface area contributed by atoms with Crippen molar-refractivity contribution in [1.82, 2.24) is 35.2 Å². The van der Waals surface area contributed by atoms with Crippen LogP contribution in [0.2, 0.25) is 5.02 Å². The van der Waals surface area contributed by atoms with Gasteiger partial charge in [-0.2, -0.15) is 4.68 Å². The van der Waals surface area contributed by atoms with Crippen molar-refractivity contribution >= 4 is 11.6 Å². The summed E-state index contributed by atoms with van der Waals surface area (Å²) in [4.78, 5) is 13.6. The second-order valence-corrected chi connectivity index (χ2v) is 6.89. The van der Waals surface area contributed by atoms with E-state index in [0.717, 1.165) is 16.8 Å². The number of rotatable bonds is 4. The molecule has 3 aromatic heterocycles. The number of pyridine rings is 1. The van der Waals surface area contributed by atoms with Gasteiger partial charge in [-0.05, 0) is 46.8 Å². The summed E-state index contributed by atoms with van der Waals surface area (Å²) in [6, 6.07) is 20.9. The van der Waals surface area contributed by atoms with Gasteiger partial charge >= 0.3 is 0 Å². The Balaban J connectivity index is 1.71. The maximum absolute atomic E-state index is 6.09. The fourth-order valence-electron chi connectivity index (χ4n) is 3.11. The van der Waals surface area contributed by atoms with Crippen LogP contribution in [0.4, 0.5) is 0 Å². The highest BCUT2D eigenvalue weighted by atomic mass is 35.5. The number of hydrogen-bond donors (Lipinski definition) is 0. The zero-order valence-corrected chi connectivity index (χ0v) is 16.3. The van der Waals surface area contributed by atoms with Gasteiger partial charge in [0.15, 0.2) is 11.6 Å². The van der Waals surface area contributed by atoms with E-state index in [0.29, 0.717) is 27.9 Å². The molecule has 0 aliphatic rings. The Hall–Kier alpha value is -3.97. The van der Waals surface area contributed by atoms with Crippen molar-refractivity contribution < 1.29 is 0 Å². The summed E-state index contributed by atoms with van der Waals surface area (Å²) in [5.74, 6) is 1.11. The average molecular weight is 412 g/mol. The van der Waals surface area contributed by atoms with Gasteiger partial charge < -0.3 is 0 Å². The largest absolute Gasteiger partial charge is 0.264 e. The zero-order chi connectivity index (χ0) is 20.3. The Morgan fingerprint density at radius 3 is 2.40 bits per heavy atom. The van der Waals surface area contributed by atoms with Gasteiger partial charge in [0.1, 0.15) is 0 Å². The molecule has 0 atom stereocenters. The molecular formula is C22H14ClN7. The van der Waals surface area contributed by atoms with Gasteiger partial charge in [0.05, 0.1) is 16.9 Å². The smallest absolute Gasteiger partial charge is 0.190 e. The lowest BCUT2D eigenvalue weighted by Crippen LogP contribution is -2.03. The van der Waals surface area contributed by atoms with E-state index in [4.69, 9.17) is 16.6 Å². The third-order valence-electron chi connectivity index (χ3n) is 4.54. The lowest BCUT2D eigenvalue weighted by molar-refractivity contribution is 0.791. The van der Waals surface area contributed by atoms with Crippen LogP contribution in [-0.2, 0) is 0 Å². The SMILES string of the molecule is Clc1ccc(-c2nc(-c3cccnc3)ncc2-c2nnnn2-c2ccccc2)cc1. The Morgan fingerprint density at radius 2 is 1.63 bits per heavy atom. The van der Waals surface area contributed by atoms with Crippen LogP contribution in [0, 0.1) is 0 Å². The number of tetrazole rings is 1. The number of aromatic nitrogens is 7. The summed E-state index contributed by atoms with van der Waals surface area (Å²) in [7, 11) is 0. The number of hydrogen-bond acceptors (Lipinski definition) is 6. The first-order chi connectivity index (χ1) is 14.8. The molecule has 0 fully saturated rings. The van der Waals surface area contributed by atoms with E-state index in [1.807, 2.05) is 66.7 Å². The van der Waals surface area contributed by atoms with Crippen molar-refractivity contribution in [2.75, 3.05) is 0 Å². The van der Waals surface area contributed by atoms with E-state index < -0.39 is 0 Å². The van der Waals surface area contributed by atoms with Crippen LogP contribution in [-0.4, -0.2) is 35.2 Å². The summed E-state index contributed by atoms with van der Waals surface area (Å²) in [6.07, 6.45) is 5.19. The van der Waals surface area contributed by atoms with Crippen molar-refractivity contribution in [2.24, 2.45) is 0 Å². The molecule has 0 saturated heterocycles. The fourth-order valence-corrected chi connectivity index (χ4v) is 3.23. The molecule has 5 aromatic rings. The van der Waals surface area contributed by atoms with Crippen molar-refractivity contribution in [1.29, 1.82) is 0 Å². The first-order valence-corrected chi connectivity index (χ1v) is 9.55. The molecule has 30 heavy (non-hydrogen) atoms. The van der Waals surface area contributed by atoms with Gasteiger partial charge in [0.2, 0.25) is 0 Å². The minimum atomic E-state index is 0.545. The Bertz CT molecular complexity index is 1290. The Morgan fingerprint density at radius 1 is 0.800 bits per heavy atom. The standard InChI is InChI=1S/C22H14ClN7/c23-17-10-8-15(9-11-17)20-19(14-25-21(26-20)16-5-4-12-24-13-16)22-27-28-29-30(22)18-6-2-1-3-7-18/h1-14H. The molecule has 0 saturated carbocycles. The van der Waals surface area contributed by atoms with Gasteiger partial charge in [-0.1, -0.05) is 41.9 Å². The molecule has 0 amide bonds. The normalized spacial score (nSPS) is 10.8. The van der Waals surface area contributed by atoms with Crippen molar-refractivity contribution in [3.63, 3.8) is 0 Å². The highest BCUT2D eigenvalue weighted by Crippen LogP contribution is 2.32. The summed E-state index contributed by atoms with van der Waals surface area (Å²) >= 11 is 6.09. The fraction of sp³-hybridized carbons (Fsp3) is 0. The molecule has 0 radical (unpaired) electrons. The first kappa shape index (κ1) is 18.1. The van der Waals surface area contributed by atoms with Gasteiger partial charge in [-0.3, -0.25) is 4.98 Å². The summed E-state index contributed by atoms with van der Waals surface area (Å²) in [6.45, 7) is 0. The number of nitrogens with zero attached hydrogens (tertiary/aromatic N) is 7. The van der Waals surface area contributed by atoms with Crippen LogP contribution >= 0.6 is 11.6 Å². The van der Waals surface area contributed by atoms with Crippen molar-refractivity contribution in [3.05, 3.63) is 90.3 Å². The predicted octanol–water partition coefficient (Wildman–Crippen LogP) is 4.50. The highest BCUT2D eigenvalue weighted by molar-refractivity contribution is 6.30. The van der Waals surface area contributed by atoms with Crippen LogP contribution in [0.25, 0.3) is 39.7 Å². The highest BCUT2D eigenvalue weighted by Gasteiger charge is 2.19. The topological polar surface area (TPSA) is 82.3 Å². The molecular weight excluding hydrogens is 398 g/mol. The molecule has 0 bridgehead atoms. The van der Waals surface area contributed by atoms with Gasteiger partial charge in [-0.15, -0.1) is 5.10 Å². The number of para-hydroxylation sites is 1. The van der Waals surface area contributed by atoms with Crippen LogP contribution in [0.1, 0.15) is 0 Å². The minimum absolute atomic E-state index is 0.545. The predicted molar refractivity (Wildman–Crippen MR) is 114 cm³/mol. The maximum atomic E-state index is 6.09. The molecule has 5 rings (SSSR count). The summed E-state index contributed by atoms with van der Waals surface area (Å²) in [5, 5.41) is 12.9. The van der Waals surface area contributed by atoms with E-state index in [-0.39, 0.29) is 0 Å². The van der Waals surface area contributed by atoms with E-state index in [9.17, 15) is 0 Å². The monoisotopic (exact) mass is 411 g/mol. The quantitative estimate of drug-likeness (QED) is 0.433. The lowest BCUT2D eigenvalue weighted by atomic mass is 10.1. The van der Waals surface area contributed by atoms with Crippen LogP contribution in [0.5, 0.6) is 0 Å². The Labute approximate surface area is 177 Å². The molecule has 144 valence electrons. The molecule has 0 spiro atoms. The lowest BCUT2D eigenvalue weighted by Gasteiger charge is -2.11. The van der Waals surface area contributed by atoms with E-state index in [2.05, 4.69) is 25.5 Å². The summed E-state index contributed by atoms with van der Waals surface area (Å²) in [5.41, 5.74) is 3.95. The van der Waals surface area contributed by atoms with Crippen LogP contribution in [0.15, 0.2) is 85.3 Å². The molecule has 0 aliphatic heterocycles. The molecule has 0 aliphatic carbocycles.